The van der Waals surface area contributed by atoms with Crippen LogP contribution in [0.1, 0.15) is 60.3 Å². The van der Waals surface area contributed by atoms with Crippen LogP contribution in [0.25, 0.3) is 0 Å². The summed E-state index contributed by atoms with van der Waals surface area (Å²) in [7, 11) is 2.95. The minimum Gasteiger partial charge on any atom is -0.469 e. The third-order valence-electron chi connectivity index (χ3n) is 4.77. The number of carbonyl (C=O) groups excluding carboxylic acids is 2. The van der Waals surface area contributed by atoms with Crippen molar-refractivity contribution in [2.75, 3.05) is 14.2 Å². The van der Waals surface area contributed by atoms with Gasteiger partial charge in [0.2, 0.25) is 0 Å². The number of esters is 1. The first-order chi connectivity index (χ1) is 13.5. The minimum absolute atomic E-state index is 0.257. The third kappa shape index (κ3) is 6.80. The number of hydrogen-bond acceptors (Lipinski definition) is 8. The predicted molar refractivity (Wildman–Crippen MR) is 103 cm³/mol. The van der Waals surface area contributed by atoms with E-state index in [1.165, 1.54) is 7.11 Å². The number of fused-ring (bicyclic) bond motifs is 1. The standard InChI is InChI=1S/C20H35NO8/c1-19(2,3)29-18(23)21-12(10-8-9-11-13(22)24-6)14-15(25-7)16-17(26-14)28-20(4,5)27-16/h12,14-17H,8-11H2,1-7H3,(H,21,23)/t12-,14+,15-,16+,17+/m0/s1. The van der Waals surface area contributed by atoms with Crippen LogP contribution in [0.5, 0.6) is 0 Å². The van der Waals surface area contributed by atoms with Crippen LogP contribution in [0, 0.1) is 0 Å². The Labute approximate surface area is 172 Å². The fourth-order valence-electron chi connectivity index (χ4n) is 3.61. The van der Waals surface area contributed by atoms with Crippen LogP contribution in [0.15, 0.2) is 0 Å². The van der Waals surface area contributed by atoms with Crippen LogP contribution in [-0.2, 0) is 33.2 Å². The molecule has 9 nitrogen and oxygen atoms in total. The molecule has 0 aliphatic carbocycles. The van der Waals surface area contributed by atoms with Gasteiger partial charge in [-0.1, -0.05) is 6.42 Å². The smallest absolute Gasteiger partial charge is 0.407 e. The Balaban J connectivity index is 2.05. The number of unbranched alkanes of at least 4 members (excludes halogenated alkanes) is 1. The second-order valence-electron chi connectivity index (χ2n) is 8.84. The molecule has 29 heavy (non-hydrogen) atoms. The summed E-state index contributed by atoms with van der Waals surface area (Å²) in [5.74, 6) is -1.02. The minimum atomic E-state index is -0.758. The lowest BCUT2D eigenvalue weighted by atomic mass is 9.98. The molecular formula is C20H35NO8. The Morgan fingerprint density at radius 3 is 2.41 bits per heavy atom. The number of methoxy groups -OCH3 is 2. The molecule has 0 unspecified atom stereocenters. The van der Waals surface area contributed by atoms with E-state index in [1.807, 2.05) is 13.8 Å². The van der Waals surface area contributed by atoms with E-state index in [4.69, 9.17) is 23.7 Å². The van der Waals surface area contributed by atoms with Crippen molar-refractivity contribution in [3.8, 4) is 0 Å². The molecule has 2 rings (SSSR count). The van der Waals surface area contributed by atoms with E-state index in [1.54, 1.807) is 27.9 Å². The summed E-state index contributed by atoms with van der Waals surface area (Å²) in [5.41, 5.74) is -0.622. The summed E-state index contributed by atoms with van der Waals surface area (Å²) in [6.45, 7) is 9.04. The fraction of sp³-hybridized carbons (Fsp3) is 0.900. The molecule has 0 aromatic heterocycles. The van der Waals surface area contributed by atoms with Crippen molar-refractivity contribution in [2.24, 2.45) is 0 Å². The van der Waals surface area contributed by atoms with Crippen molar-refractivity contribution in [2.45, 2.75) is 102 Å². The number of ether oxygens (including phenoxy) is 6. The molecule has 9 heteroatoms. The Morgan fingerprint density at radius 1 is 1.14 bits per heavy atom. The molecule has 2 aliphatic rings. The van der Waals surface area contributed by atoms with E-state index in [0.29, 0.717) is 25.7 Å². The van der Waals surface area contributed by atoms with Crippen LogP contribution in [0.3, 0.4) is 0 Å². The second kappa shape index (κ2) is 9.59. The summed E-state index contributed by atoms with van der Waals surface area (Å²) in [6.07, 6.45) is -0.169. The van der Waals surface area contributed by atoms with Crippen LogP contribution in [-0.4, -0.2) is 68.3 Å². The van der Waals surface area contributed by atoms with Gasteiger partial charge in [0.25, 0.3) is 0 Å². The maximum atomic E-state index is 12.4. The van der Waals surface area contributed by atoms with E-state index in [2.05, 4.69) is 10.1 Å². The molecule has 2 fully saturated rings. The topological polar surface area (TPSA) is 102 Å². The highest BCUT2D eigenvalue weighted by molar-refractivity contribution is 5.69. The first-order valence-corrected chi connectivity index (χ1v) is 10.1. The maximum Gasteiger partial charge on any atom is 0.407 e. The van der Waals surface area contributed by atoms with Crippen LogP contribution < -0.4 is 5.32 Å². The van der Waals surface area contributed by atoms with E-state index >= 15 is 0 Å². The first kappa shape index (κ1) is 23.9. The van der Waals surface area contributed by atoms with E-state index in [9.17, 15) is 9.59 Å². The van der Waals surface area contributed by atoms with Gasteiger partial charge in [0.05, 0.1) is 13.2 Å². The third-order valence-corrected chi connectivity index (χ3v) is 4.77. The number of nitrogens with one attached hydrogen (secondary N) is 1. The molecule has 1 N–H and O–H groups in total. The maximum absolute atomic E-state index is 12.4. The molecule has 1 amide bonds. The molecule has 0 saturated carbocycles. The van der Waals surface area contributed by atoms with Gasteiger partial charge in [0, 0.05) is 13.5 Å². The van der Waals surface area contributed by atoms with Gasteiger partial charge in [-0.05, 0) is 47.5 Å². The van der Waals surface area contributed by atoms with Crippen LogP contribution >= 0.6 is 0 Å². The summed E-state index contributed by atoms with van der Waals surface area (Å²) in [4.78, 5) is 23.7. The van der Waals surface area contributed by atoms with E-state index in [-0.39, 0.29) is 5.97 Å². The van der Waals surface area contributed by atoms with Gasteiger partial charge in [0.15, 0.2) is 12.1 Å². The highest BCUT2D eigenvalue weighted by Gasteiger charge is 2.57. The Kier molecular flexibility index (Phi) is 7.89. The quantitative estimate of drug-likeness (QED) is 0.475. The molecule has 0 aromatic rings. The average molecular weight is 417 g/mol. The molecule has 0 spiro atoms. The summed E-state index contributed by atoms with van der Waals surface area (Å²) < 4.78 is 33.6. The lowest BCUT2D eigenvalue weighted by Gasteiger charge is -2.31. The van der Waals surface area contributed by atoms with Crippen molar-refractivity contribution in [1.29, 1.82) is 0 Å². The highest BCUT2D eigenvalue weighted by atomic mass is 16.8. The summed E-state index contributed by atoms with van der Waals surface area (Å²) >= 11 is 0. The normalized spacial score (nSPS) is 29.2. The molecule has 5 atom stereocenters. The van der Waals surface area contributed by atoms with Gasteiger partial charge in [-0.15, -0.1) is 0 Å². The van der Waals surface area contributed by atoms with Crippen molar-refractivity contribution in [1.82, 2.24) is 5.32 Å². The Morgan fingerprint density at radius 2 is 1.83 bits per heavy atom. The number of rotatable bonds is 8. The van der Waals surface area contributed by atoms with Gasteiger partial charge in [0.1, 0.15) is 23.9 Å². The van der Waals surface area contributed by atoms with Gasteiger partial charge >= 0.3 is 12.1 Å². The molecule has 2 aliphatic heterocycles. The first-order valence-electron chi connectivity index (χ1n) is 10.1. The lowest BCUT2D eigenvalue weighted by molar-refractivity contribution is -0.219. The fourth-order valence-corrected chi connectivity index (χ4v) is 3.61. The Bertz CT molecular complexity index is 573. The van der Waals surface area contributed by atoms with Gasteiger partial charge < -0.3 is 33.7 Å². The largest absolute Gasteiger partial charge is 0.469 e. The van der Waals surface area contributed by atoms with Gasteiger partial charge in [-0.2, -0.15) is 0 Å². The predicted octanol–water partition coefficient (Wildman–Crippen LogP) is 2.50. The van der Waals surface area contributed by atoms with E-state index < -0.39 is 48.1 Å². The van der Waals surface area contributed by atoms with Crippen LogP contribution in [0.2, 0.25) is 0 Å². The molecule has 2 saturated heterocycles. The molecule has 0 radical (unpaired) electrons. The van der Waals surface area contributed by atoms with E-state index in [0.717, 1.165) is 0 Å². The Hall–Kier alpha value is -1.42. The molecule has 0 aromatic carbocycles. The van der Waals surface area contributed by atoms with Crippen LogP contribution in [0.4, 0.5) is 4.79 Å². The monoisotopic (exact) mass is 417 g/mol. The van der Waals surface area contributed by atoms with Crippen molar-refractivity contribution >= 4 is 12.1 Å². The van der Waals surface area contributed by atoms with Crippen molar-refractivity contribution in [3.05, 3.63) is 0 Å². The zero-order valence-corrected chi connectivity index (χ0v) is 18.5. The second-order valence-corrected chi connectivity index (χ2v) is 8.84. The molecular weight excluding hydrogens is 382 g/mol. The number of carbonyl (C=O) groups is 2. The number of hydrogen-bond donors (Lipinski definition) is 1. The molecule has 0 bridgehead atoms. The summed E-state index contributed by atoms with van der Waals surface area (Å²) in [6, 6.07) is -0.395. The number of alkyl carbamates (subject to hydrolysis) is 1. The zero-order chi connectivity index (χ0) is 21.8. The highest BCUT2D eigenvalue weighted by Crippen LogP contribution is 2.40. The van der Waals surface area contributed by atoms with Gasteiger partial charge in [-0.3, -0.25) is 4.79 Å². The average Bonchev–Trinajstić information content (AvgIpc) is 3.06. The zero-order valence-electron chi connectivity index (χ0n) is 18.5. The SMILES string of the molecule is COC(=O)CCCC[C@H](NC(=O)OC(C)(C)C)[C@H]1O[C@@H]2OC(C)(C)O[C@@H]2[C@H]1OC. The summed E-state index contributed by atoms with van der Waals surface area (Å²) in [5, 5.41) is 2.90. The molecule has 2 heterocycles. The number of amides is 1. The van der Waals surface area contributed by atoms with Crippen molar-refractivity contribution < 1.29 is 38.0 Å². The van der Waals surface area contributed by atoms with Crippen molar-refractivity contribution in [3.63, 3.8) is 0 Å². The molecule has 168 valence electrons. The lowest BCUT2D eigenvalue weighted by Crippen LogP contribution is -2.51. The van der Waals surface area contributed by atoms with Gasteiger partial charge in [-0.25, -0.2) is 4.79 Å².